The minimum atomic E-state index is -5.32. The van der Waals surface area contributed by atoms with E-state index >= 15 is 0 Å². The molecule has 2 atom stereocenters. The molecule has 2 unspecified atom stereocenters. The number of nitrogens with one attached hydrogen (secondary N) is 2. The Hall–Kier alpha value is -3.00. The number of hydrogen-bond donors (Lipinski definition) is 2. The van der Waals surface area contributed by atoms with Gasteiger partial charge in [-0.25, -0.2) is 4.39 Å². The molecule has 39 heavy (non-hydrogen) atoms. The van der Waals surface area contributed by atoms with Crippen molar-refractivity contribution in [1.29, 1.82) is 0 Å². The predicted molar refractivity (Wildman–Crippen MR) is 122 cm³/mol. The maximum atomic E-state index is 14.9. The third-order valence-corrected chi connectivity index (χ3v) is 5.40. The Kier molecular flexibility index (Phi) is 9.93. The number of allylic oxidation sites excluding steroid dienone is 1. The summed E-state index contributed by atoms with van der Waals surface area (Å²) in [5, 5.41) is 2.79. The molecule has 2 N–H and O–H groups in total. The Morgan fingerprint density at radius 1 is 0.923 bits per heavy atom. The first-order chi connectivity index (χ1) is 17.7. The number of carbonyl (C=O) groups is 2. The summed E-state index contributed by atoms with van der Waals surface area (Å²) >= 11 is 11.4. The molecule has 0 spiro atoms. The van der Waals surface area contributed by atoms with Crippen molar-refractivity contribution in [2.24, 2.45) is 0 Å². The molecule has 0 aliphatic carbocycles. The number of carbonyl (C=O) groups excluding carboxylic acids is 2. The molecule has 2 aromatic rings. The lowest BCUT2D eigenvalue weighted by Crippen LogP contribution is -2.47. The molecule has 0 saturated heterocycles. The zero-order chi connectivity index (χ0) is 29.9. The number of halogens is 12. The van der Waals surface area contributed by atoms with Crippen molar-refractivity contribution in [2.75, 3.05) is 6.54 Å². The smallest absolute Gasteiger partial charge is 0.345 e. The lowest BCUT2D eigenvalue weighted by Gasteiger charge is -2.19. The first kappa shape index (κ1) is 32.2. The third kappa shape index (κ3) is 9.31. The molecule has 0 aliphatic heterocycles. The minimum absolute atomic E-state index is 0.00425. The van der Waals surface area contributed by atoms with Crippen LogP contribution < -0.4 is 10.6 Å². The van der Waals surface area contributed by atoms with Gasteiger partial charge >= 0.3 is 18.5 Å². The van der Waals surface area contributed by atoms with Gasteiger partial charge in [-0.15, -0.1) is 0 Å². The lowest BCUT2D eigenvalue weighted by atomic mass is 9.95. The summed E-state index contributed by atoms with van der Waals surface area (Å²) in [5.74, 6) is -7.32. The highest BCUT2D eigenvalue weighted by molar-refractivity contribution is 6.34. The van der Waals surface area contributed by atoms with Gasteiger partial charge in [0.05, 0.1) is 11.1 Å². The molecule has 4 nitrogen and oxygen atoms in total. The van der Waals surface area contributed by atoms with Crippen LogP contribution in [0.3, 0.4) is 0 Å². The topological polar surface area (TPSA) is 58.2 Å². The van der Waals surface area contributed by atoms with E-state index in [0.717, 1.165) is 25.1 Å². The summed E-state index contributed by atoms with van der Waals surface area (Å²) in [6.45, 7) is -0.868. The Morgan fingerprint density at radius 3 is 1.97 bits per heavy atom. The second-order valence-electron chi connectivity index (χ2n) is 8.02. The molecule has 214 valence electrons. The van der Waals surface area contributed by atoms with E-state index in [1.165, 1.54) is 5.32 Å². The van der Waals surface area contributed by atoms with Crippen LogP contribution in [0, 0.1) is 0 Å². The fourth-order valence-electron chi connectivity index (χ4n) is 3.18. The standard InChI is InChI=1S/C23H16Cl2F10N2O2/c1-10(19(38)36-9-21(27,28)29)37-20(39)15-3-2-11(6-17(15)23(33,34)35)18(26)8-16(22(30,31)32)12-4-13(24)7-14(25)5-12/h2-8,10,16H,9H2,1H3,(H,36,38)(H,37,39)/b18-8-. The molecule has 2 aromatic carbocycles. The summed E-state index contributed by atoms with van der Waals surface area (Å²) in [4.78, 5) is 24.1. The van der Waals surface area contributed by atoms with E-state index < -0.39 is 76.9 Å². The van der Waals surface area contributed by atoms with Crippen LogP contribution in [0.1, 0.15) is 39.9 Å². The second-order valence-corrected chi connectivity index (χ2v) is 8.90. The van der Waals surface area contributed by atoms with E-state index in [1.54, 1.807) is 5.32 Å². The Morgan fingerprint density at radius 2 is 1.49 bits per heavy atom. The number of rotatable bonds is 7. The van der Waals surface area contributed by atoms with Gasteiger partial charge in [-0.3, -0.25) is 9.59 Å². The van der Waals surface area contributed by atoms with Crippen LogP contribution in [0.15, 0.2) is 42.5 Å². The van der Waals surface area contributed by atoms with Crippen LogP contribution in [0.2, 0.25) is 10.0 Å². The van der Waals surface area contributed by atoms with Crippen molar-refractivity contribution >= 4 is 40.8 Å². The Balaban J connectivity index is 2.43. The fraction of sp³-hybridized carbons (Fsp3) is 0.304. The maximum absolute atomic E-state index is 14.9. The quantitative estimate of drug-likeness (QED) is 0.319. The van der Waals surface area contributed by atoms with Gasteiger partial charge in [0.15, 0.2) is 0 Å². The van der Waals surface area contributed by atoms with Crippen LogP contribution >= 0.6 is 23.2 Å². The predicted octanol–water partition coefficient (Wildman–Crippen LogP) is 7.47. The molecule has 0 fully saturated rings. The van der Waals surface area contributed by atoms with Crippen molar-refractivity contribution in [2.45, 2.75) is 37.4 Å². The van der Waals surface area contributed by atoms with Gasteiger partial charge in [-0.1, -0.05) is 29.3 Å². The highest BCUT2D eigenvalue weighted by atomic mass is 35.5. The summed E-state index contributed by atoms with van der Waals surface area (Å²) in [7, 11) is 0. The van der Waals surface area contributed by atoms with E-state index in [4.69, 9.17) is 23.2 Å². The monoisotopic (exact) mass is 612 g/mol. The lowest BCUT2D eigenvalue weighted by molar-refractivity contribution is -0.140. The molecule has 0 aromatic heterocycles. The third-order valence-electron chi connectivity index (χ3n) is 4.96. The van der Waals surface area contributed by atoms with Gasteiger partial charge in [0, 0.05) is 15.6 Å². The van der Waals surface area contributed by atoms with Crippen molar-refractivity contribution in [3.8, 4) is 0 Å². The minimum Gasteiger partial charge on any atom is -0.345 e. The van der Waals surface area contributed by atoms with Crippen LogP contribution in [-0.4, -0.2) is 36.8 Å². The van der Waals surface area contributed by atoms with Crippen molar-refractivity contribution in [1.82, 2.24) is 10.6 Å². The van der Waals surface area contributed by atoms with Gasteiger partial charge in [-0.2, -0.15) is 39.5 Å². The van der Waals surface area contributed by atoms with E-state index in [0.29, 0.717) is 12.1 Å². The molecule has 2 amide bonds. The fourth-order valence-corrected chi connectivity index (χ4v) is 3.73. The van der Waals surface area contributed by atoms with Gasteiger partial charge in [0.25, 0.3) is 5.91 Å². The summed E-state index contributed by atoms with van der Waals surface area (Å²) in [5.41, 5.74) is -4.51. The average Bonchev–Trinajstić information content (AvgIpc) is 2.77. The van der Waals surface area contributed by atoms with Gasteiger partial charge in [0.2, 0.25) is 5.91 Å². The first-order valence-electron chi connectivity index (χ1n) is 10.5. The van der Waals surface area contributed by atoms with E-state index in [9.17, 15) is 53.5 Å². The van der Waals surface area contributed by atoms with E-state index in [1.807, 2.05) is 0 Å². The Bertz CT molecular complexity index is 1240. The molecule has 0 saturated carbocycles. The molecule has 0 radical (unpaired) electrons. The molecular weight excluding hydrogens is 597 g/mol. The highest BCUT2D eigenvalue weighted by Gasteiger charge is 2.41. The number of hydrogen-bond acceptors (Lipinski definition) is 2. The van der Waals surface area contributed by atoms with Gasteiger partial charge in [0.1, 0.15) is 24.3 Å². The molecular formula is C23H16Cl2F10N2O2. The highest BCUT2D eigenvalue weighted by Crippen LogP contribution is 2.41. The first-order valence-corrected chi connectivity index (χ1v) is 11.2. The largest absolute Gasteiger partial charge is 0.417 e. The SMILES string of the molecule is CC(NC(=O)c1ccc(/C(F)=C/C(c2cc(Cl)cc(Cl)c2)C(F)(F)F)cc1C(F)(F)F)C(=O)NCC(F)(F)F. The zero-order valence-electron chi connectivity index (χ0n) is 19.3. The zero-order valence-corrected chi connectivity index (χ0v) is 20.8. The number of alkyl halides is 9. The van der Waals surface area contributed by atoms with Crippen molar-refractivity contribution in [3.05, 3.63) is 74.8 Å². The van der Waals surface area contributed by atoms with Crippen LogP contribution in [0.25, 0.3) is 5.83 Å². The van der Waals surface area contributed by atoms with Crippen molar-refractivity contribution < 1.29 is 53.5 Å². The summed E-state index contributed by atoms with van der Waals surface area (Å²) in [6, 6.07) is 2.19. The van der Waals surface area contributed by atoms with E-state index in [2.05, 4.69) is 0 Å². The van der Waals surface area contributed by atoms with Gasteiger partial charge < -0.3 is 10.6 Å². The van der Waals surface area contributed by atoms with Gasteiger partial charge in [-0.05, 0) is 48.9 Å². The molecule has 0 heterocycles. The molecule has 0 bridgehead atoms. The molecule has 16 heteroatoms. The summed E-state index contributed by atoms with van der Waals surface area (Å²) in [6.07, 6.45) is -15.2. The molecule has 0 aliphatic rings. The Labute approximate surface area is 223 Å². The van der Waals surface area contributed by atoms with Crippen LogP contribution in [-0.2, 0) is 11.0 Å². The normalized spacial score (nSPS) is 14.5. The van der Waals surface area contributed by atoms with Crippen LogP contribution in [0.4, 0.5) is 43.9 Å². The van der Waals surface area contributed by atoms with Crippen molar-refractivity contribution in [3.63, 3.8) is 0 Å². The van der Waals surface area contributed by atoms with Crippen LogP contribution in [0.5, 0.6) is 0 Å². The maximum Gasteiger partial charge on any atom is 0.417 e. The number of amides is 2. The average molecular weight is 613 g/mol. The van der Waals surface area contributed by atoms with E-state index in [-0.39, 0.29) is 22.2 Å². The molecule has 2 rings (SSSR count). The summed E-state index contributed by atoms with van der Waals surface area (Å²) < 4.78 is 134. The second kappa shape index (κ2) is 12.0. The number of benzene rings is 2.